The second kappa shape index (κ2) is 16.4. The summed E-state index contributed by atoms with van der Waals surface area (Å²) in [6.07, 6.45) is 14.8. The van der Waals surface area contributed by atoms with E-state index in [0.717, 1.165) is 13.0 Å². The zero-order chi connectivity index (χ0) is 16.0. The Hall–Kier alpha value is 0.500. The van der Waals surface area contributed by atoms with Crippen molar-refractivity contribution in [2.45, 2.75) is 109 Å². The van der Waals surface area contributed by atoms with Gasteiger partial charge in [-0.2, -0.15) is 0 Å². The zero-order valence-corrected chi connectivity index (χ0v) is 16.8. The van der Waals surface area contributed by atoms with Gasteiger partial charge < -0.3 is 0 Å². The predicted octanol–water partition coefficient (Wildman–Crippen LogP) is 6.65. The SMILES string of the molecule is CCCCCCCCCCCCC(ONCC)C(C)(C)Cl.Cl. The van der Waals surface area contributed by atoms with Crippen molar-refractivity contribution in [3.8, 4) is 0 Å². The van der Waals surface area contributed by atoms with Gasteiger partial charge in [-0.25, -0.2) is 5.48 Å². The van der Waals surface area contributed by atoms with Crippen LogP contribution in [0.5, 0.6) is 0 Å². The number of nitrogens with one attached hydrogen (secondary N) is 1. The van der Waals surface area contributed by atoms with E-state index in [1.807, 2.05) is 20.8 Å². The fourth-order valence-corrected chi connectivity index (χ4v) is 2.70. The summed E-state index contributed by atoms with van der Waals surface area (Å²) in [6.45, 7) is 9.20. The molecule has 0 heterocycles. The van der Waals surface area contributed by atoms with E-state index in [-0.39, 0.29) is 23.4 Å². The summed E-state index contributed by atoms with van der Waals surface area (Å²) in [7, 11) is 0. The summed E-state index contributed by atoms with van der Waals surface area (Å²) in [5.74, 6) is 0. The smallest absolute Gasteiger partial charge is 0.0976 e. The Morgan fingerprint density at radius 2 is 1.32 bits per heavy atom. The van der Waals surface area contributed by atoms with E-state index >= 15 is 0 Å². The first-order chi connectivity index (χ1) is 10.0. The number of halogens is 2. The van der Waals surface area contributed by atoms with Crippen LogP contribution in [0.4, 0.5) is 0 Å². The number of unbranched alkanes of at least 4 members (excludes halogenated alkanes) is 9. The molecule has 22 heavy (non-hydrogen) atoms. The van der Waals surface area contributed by atoms with E-state index in [0.29, 0.717) is 0 Å². The van der Waals surface area contributed by atoms with Crippen molar-refractivity contribution in [3.05, 3.63) is 0 Å². The second-order valence-corrected chi connectivity index (χ2v) is 7.61. The van der Waals surface area contributed by atoms with Crippen molar-refractivity contribution in [2.75, 3.05) is 6.54 Å². The van der Waals surface area contributed by atoms with Crippen LogP contribution in [0.15, 0.2) is 0 Å². The van der Waals surface area contributed by atoms with Crippen molar-refractivity contribution in [2.24, 2.45) is 0 Å². The monoisotopic (exact) mass is 355 g/mol. The fraction of sp³-hybridized carbons (Fsp3) is 1.00. The van der Waals surface area contributed by atoms with Crippen molar-refractivity contribution in [1.82, 2.24) is 5.48 Å². The molecule has 0 aliphatic rings. The third-order valence-corrected chi connectivity index (χ3v) is 4.20. The quantitative estimate of drug-likeness (QED) is 0.202. The summed E-state index contributed by atoms with van der Waals surface area (Å²) in [4.78, 5) is 5.35. The van der Waals surface area contributed by atoms with Gasteiger partial charge in [-0.15, -0.1) is 24.0 Å². The Morgan fingerprint density at radius 3 is 1.73 bits per heavy atom. The van der Waals surface area contributed by atoms with E-state index in [4.69, 9.17) is 16.4 Å². The van der Waals surface area contributed by atoms with Gasteiger partial charge in [0, 0.05) is 6.54 Å². The molecule has 1 atom stereocenters. The molecule has 1 unspecified atom stereocenters. The van der Waals surface area contributed by atoms with Gasteiger partial charge in [0.25, 0.3) is 0 Å². The van der Waals surface area contributed by atoms with Gasteiger partial charge in [0.1, 0.15) is 0 Å². The van der Waals surface area contributed by atoms with Gasteiger partial charge in [0.2, 0.25) is 0 Å². The van der Waals surface area contributed by atoms with Crippen LogP contribution in [0.3, 0.4) is 0 Å². The lowest BCUT2D eigenvalue weighted by Crippen LogP contribution is -2.37. The molecule has 2 nitrogen and oxygen atoms in total. The summed E-state index contributed by atoms with van der Waals surface area (Å²) in [5.41, 5.74) is 2.96. The molecule has 0 saturated heterocycles. The standard InChI is InChI=1S/C18H38ClNO.ClH/c1-5-7-8-9-10-11-12-13-14-15-16-17(18(3,4)19)21-20-6-2;/h17,20H,5-16H2,1-4H3;1H. The molecular formula is C18H39Cl2NO. The highest BCUT2D eigenvalue weighted by molar-refractivity contribution is 6.23. The molecule has 0 radical (unpaired) electrons. The van der Waals surface area contributed by atoms with E-state index in [9.17, 15) is 0 Å². The number of alkyl halides is 1. The Kier molecular flexibility index (Phi) is 18.4. The van der Waals surface area contributed by atoms with Crippen LogP contribution in [0, 0.1) is 0 Å². The first kappa shape index (κ1) is 24.7. The maximum absolute atomic E-state index is 6.39. The van der Waals surface area contributed by atoms with Crippen molar-refractivity contribution < 1.29 is 4.84 Å². The highest BCUT2D eigenvalue weighted by atomic mass is 35.5. The van der Waals surface area contributed by atoms with Gasteiger partial charge in [-0.1, -0.05) is 78.1 Å². The largest absolute Gasteiger partial charge is 0.297 e. The molecule has 0 aromatic heterocycles. The van der Waals surface area contributed by atoms with Crippen LogP contribution in [0.1, 0.15) is 98.3 Å². The van der Waals surface area contributed by atoms with Gasteiger partial charge in [0.05, 0.1) is 11.0 Å². The van der Waals surface area contributed by atoms with E-state index in [1.165, 1.54) is 64.2 Å². The topological polar surface area (TPSA) is 21.3 Å². The Morgan fingerprint density at radius 1 is 0.864 bits per heavy atom. The first-order valence-corrected chi connectivity index (χ1v) is 9.47. The molecule has 0 rings (SSSR count). The molecular weight excluding hydrogens is 317 g/mol. The summed E-state index contributed by atoms with van der Waals surface area (Å²) in [6, 6.07) is 0. The number of hydrogen-bond donors (Lipinski definition) is 1. The Labute approximate surface area is 150 Å². The lowest BCUT2D eigenvalue weighted by atomic mass is 9.99. The van der Waals surface area contributed by atoms with E-state index in [1.54, 1.807) is 0 Å². The highest BCUT2D eigenvalue weighted by Gasteiger charge is 2.27. The molecule has 0 saturated carbocycles. The van der Waals surface area contributed by atoms with Gasteiger partial charge in [-0.3, -0.25) is 4.84 Å². The minimum Gasteiger partial charge on any atom is -0.297 e. The van der Waals surface area contributed by atoms with Crippen LogP contribution < -0.4 is 5.48 Å². The van der Waals surface area contributed by atoms with Gasteiger partial charge in [0.15, 0.2) is 0 Å². The molecule has 4 heteroatoms. The molecule has 0 aliphatic heterocycles. The number of hydrogen-bond acceptors (Lipinski definition) is 2. The third kappa shape index (κ3) is 15.4. The number of rotatable bonds is 15. The molecule has 1 N–H and O–H groups in total. The average molecular weight is 356 g/mol. The Balaban J connectivity index is 0. The zero-order valence-electron chi connectivity index (χ0n) is 15.3. The van der Waals surface area contributed by atoms with Crippen LogP contribution >= 0.6 is 24.0 Å². The molecule has 0 aromatic rings. The average Bonchev–Trinajstić information content (AvgIpc) is 2.42. The maximum Gasteiger partial charge on any atom is 0.0976 e. The van der Waals surface area contributed by atoms with Crippen LogP contribution in [-0.2, 0) is 4.84 Å². The van der Waals surface area contributed by atoms with E-state index in [2.05, 4.69) is 12.4 Å². The van der Waals surface area contributed by atoms with Crippen LogP contribution in [-0.4, -0.2) is 17.5 Å². The predicted molar refractivity (Wildman–Crippen MR) is 102 cm³/mol. The minimum atomic E-state index is -0.304. The lowest BCUT2D eigenvalue weighted by molar-refractivity contribution is -0.0435. The second-order valence-electron chi connectivity index (χ2n) is 6.64. The van der Waals surface area contributed by atoms with Crippen molar-refractivity contribution in [3.63, 3.8) is 0 Å². The molecule has 0 amide bonds. The summed E-state index contributed by atoms with van der Waals surface area (Å²) >= 11 is 6.39. The normalized spacial score (nSPS) is 13.0. The molecule has 0 bridgehead atoms. The minimum absolute atomic E-state index is 0. The highest BCUT2D eigenvalue weighted by Crippen LogP contribution is 2.25. The molecule has 136 valence electrons. The fourth-order valence-electron chi connectivity index (χ4n) is 2.54. The lowest BCUT2D eigenvalue weighted by Gasteiger charge is -2.28. The molecule has 0 aromatic carbocycles. The number of hydroxylamine groups is 1. The maximum atomic E-state index is 6.39. The summed E-state index contributed by atoms with van der Waals surface area (Å²) < 4.78 is 0. The van der Waals surface area contributed by atoms with Crippen molar-refractivity contribution >= 4 is 24.0 Å². The van der Waals surface area contributed by atoms with Crippen LogP contribution in [0.2, 0.25) is 0 Å². The molecule has 0 spiro atoms. The first-order valence-electron chi connectivity index (χ1n) is 9.09. The molecule has 0 aliphatic carbocycles. The molecule has 0 fully saturated rings. The van der Waals surface area contributed by atoms with E-state index < -0.39 is 0 Å². The Bertz CT molecular complexity index is 220. The summed E-state index contributed by atoms with van der Waals surface area (Å²) in [5, 5.41) is 0. The van der Waals surface area contributed by atoms with Crippen molar-refractivity contribution in [1.29, 1.82) is 0 Å². The van der Waals surface area contributed by atoms with Gasteiger partial charge >= 0.3 is 0 Å². The van der Waals surface area contributed by atoms with Gasteiger partial charge in [-0.05, 0) is 20.3 Å². The van der Waals surface area contributed by atoms with Crippen LogP contribution in [0.25, 0.3) is 0 Å². The third-order valence-electron chi connectivity index (χ3n) is 3.96.